The highest BCUT2D eigenvalue weighted by Gasteiger charge is 2.34. The van der Waals surface area contributed by atoms with Gasteiger partial charge in [0.1, 0.15) is 5.82 Å². The van der Waals surface area contributed by atoms with Crippen LogP contribution in [0.1, 0.15) is 19.8 Å². The largest absolute Gasteiger partial charge is 0.480 e. The van der Waals surface area contributed by atoms with E-state index < -0.39 is 5.97 Å². The Balaban J connectivity index is 1.75. The summed E-state index contributed by atoms with van der Waals surface area (Å²) in [6, 6.07) is 3.63. The number of likely N-dealkylation sites (N-methyl/N-ethyl adjacent to an activating group) is 1. The van der Waals surface area contributed by atoms with Crippen LogP contribution in [0.2, 0.25) is 0 Å². The standard InChI is InChI=1S/C16H25N5O3/c1-4-21(10-15(22)23)13-7-11(8-13)18-16(24)19-14-6-5-12(9-17-14)20(2)3/h5-6,9,11,13H,4,7-8,10H2,1-3H3,(H,22,23)(H2,17,18,19,24). The summed E-state index contributed by atoms with van der Waals surface area (Å²) in [5.41, 5.74) is 0.959. The third-order valence-electron chi connectivity index (χ3n) is 4.22. The van der Waals surface area contributed by atoms with E-state index >= 15 is 0 Å². The second-order valence-electron chi connectivity index (χ2n) is 6.17. The lowest BCUT2D eigenvalue weighted by Crippen LogP contribution is -2.55. The van der Waals surface area contributed by atoms with Crippen molar-refractivity contribution in [2.24, 2.45) is 0 Å². The smallest absolute Gasteiger partial charge is 0.320 e. The summed E-state index contributed by atoms with van der Waals surface area (Å²) in [4.78, 5) is 30.8. The number of hydrogen-bond acceptors (Lipinski definition) is 5. The summed E-state index contributed by atoms with van der Waals surface area (Å²) < 4.78 is 0. The number of nitrogens with zero attached hydrogens (tertiary/aromatic N) is 3. The number of carbonyl (C=O) groups is 2. The summed E-state index contributed by atoms with van der Waals surface area (Å²) in [6.07, 6.45) is 3.23. The maximum absolute atomic E-state index is 12.0. The lowest BCUT2D eigenvalue weighted by molar-refractivity contribution is -0.139. The van der Waals surface area contributed by atoms with Gasteiger partial charge in [-0.05, 0) is 31.5 Å². The van der Waals surface area contributed by atoms with Crippen molar-refractivity contribution in [3.63, 3.8) is 0 Å². The number of anilines is 2. The number of rotatable bonds is 7. The van der Waals surface area contributed by atoms with Gasteiger partial charge in [-0.1, -0.05) is 6.92 Å². The molecule has 0 aromatic carbocycles. The summed E-state index contributed by atoms with van der Waals surface area (Å²) in [5, 5.41) is 14.5. The number of hydrogen-bond donors (Lipinski definition) is 3. The zero-order chi connectivity index (χ0) is 17.7. The van der Waals surface area contributed by atoms with E-state index in [0.717, 1.165) is 18.5 Å². The van der Waals surface area contributed by atoms with Gasteiger partial charge in [0.15, 0.2) is 0 Å². The number of urea groups is 1. The van der Waals surface area contributed by atoms with E-state index in [4.69, 9.17) is 5.11 Å². The fraction of sp³-hybridized carbons (Fsp3) is 0.562. The molecule has 0 radical (unpaired) electrons. The van der Waals surface area contributed by atoms with Gasteiger partial charge >= 0.3 is 12.0 Å². The Kier molecular flexibility index (Phi) is 5.97. The van der Waals surface area contributed by atoms with Crippen molar-refractivity contribution in [1.29, 1.82) is 0 Å². The SMILES string of the molecule is CCN(CC(=O)O)C1CC(NC(=O)Nc2ccc(N(C)C)cn2)C1. The molecule has 1 aliphatic rings. The number of carboxylic acid groups (broad SMARTS) is 1. The predicted molar refractivity (Wildman–Crippen MR) is 92.4 cm³/mol. The van der Waals surface area contributed by atoms with Gasteiger partial charge in [0, 0.05) is 26.2 Å². The van der Waals surface area contributed by atoms with Crippen molar-refractivity contribution in [2.75, 3.05) is 37.4 Å². The second kappa shape index (κ2) is 7.96. The minimum absolute atomic E-state index is 0.0439. The first-order valence-corrected chi connectivity index (χ1v) is 8.05. The van der Waals surface area contributed by atoms with E-state index in [0.29, 0.717) is 12.4 Å². The van der Waals surface area contributed by atoms with Crippen LogP contribution in [0.4, 0.5) is 16.3 Å². The van der Waals surface area contributed by atoms with Gasteiger partial charge < -0.3 is 15.3 Å². The Morgan fingerprint density at radius 3 is 2.54 bits per heavy atom. The van der Waals surface area contributed by atoms with Crippen LogP contribution in [0, 0.1) is 0 Å². The molecule has 1 fully saturated rings. The van der Waals surface area contributed by atoms with E-state index in [2.05, 4.69) is 15.6 Å². The highest BCUT2D eigenvalue weighted by molar-refractivity contribution is 5.88. The highest BCUT2D eigenvalue weighted by Crippen LogP contribution is 2.25. The highest BCUT2D eigenvalue weighted by atomic mass is 16.4. The molecule has 0 aliphatic heterocycles. The lowest BCUT2D eigenvalue weighted by Gasteiger charge is -2.42. The monoisotopic (exact) mass is 335 g/mol. The molecule has 2 rings (SSSR count). The molecular formula is C16H25N5O3. The fourth-order valence-electron chi connectivity index (χ4n) is 2.74. The maximum atomic E-state index is 12.0. The van der Waals surface area contributed by atoms with Crippen LogP contribution in [0.25, 0.3) is 0 Å². The van der Waals surface area contributed by atoms with Crippen molar-refractivity contribution < 1.29 is 14.7 Å². The Morgan fingerprint density at radius 2 is 2.04 bits per heavy atom. The van der Waals surface area contributed by atoms with Crippen LogP contribution in [0.3, 0.4) is 0 Å². The molecule has 24 heavy (non-hydrogen) atoms. The Bertz CT molecular complexity index is 570. The number of carboxylic acids is 1. The first kappa shape index (κ1) is 18.0. The number of aromatic nitrogens is 1. The Morgan fingerprint density at radius 1 is 1.33 bits per heavy atom. The summed E-state index contributed by atoms with van der Waals surface area (Å²) in [7, 11) is 3.85. The molecule has 8 nitrogen and oxygen atoms in total. The Labute approximate surface area is 141 Å². The average molecular weight is 335 g/mol. The fourth-order valence-corrected chi connectivity index (χ4v) is 2.74. The first-order chi connectivity index (χ1) is 11.4. The minimum atomic E-state index is -0.821. The number of pyridine rings is 1. The minimum Gasteiger partial charge on any atom is -0.480 e. The van der Waals surface area contributed by atoms with E-state index in [-0.39, 0.29) is 24.7 Å². The number of aliphatic carboxylic acids is 1. The van der Waals surface area contributed by atoms with Crippen LogP contribution >= 0.6 is 0 Å². The van der Waals surface area contributed by atoms with Crippen molar-refractivity contribution in [3.05, 3.63) is 18.3 Å². The molecule has 2 amide bonds. The van der Waals surface area contributed by atoms with Gasteiger partial charge in [0.2, 0.25) is 0 Å². The second-order valence-corrected chi connectivity index (χ2v) is 6.17. The molecule has 0 unspecified atom stereocenters. The van der Waals surface area contributed by atoms with Crippen LogP contribution in [0.5, 0.6) is 0 Å². The quantitative estimate of drug-likeness (QED) is 0.693. The molecular weight excluding hydrogens is 310 g/mol. The topological polar surface area (TPSA) is 97.8 Å². The van der Waals surface area contributed by atoms with Crippen molar-refractivity contribution in [3.8, 4) is 0 Å². The molecule has 0 spiro atoms. The summed E-state index contributed by atoms with van der Waals surface area (Å²) in [5.74, 6) is -0.326. The van der Waals surface area contributed by atoms with Crippen LogP contribution in [-0.4, -0.2) is 66.3 Å². The summed E-state index contributed by atoms with van der Waals surface area (Å²) in [6.45, 7) is 2.68. The average Bonchev–Trinajstić information content (AvgIpc) is 2.48. The van der Waals surface area contributed by atoms with Gasteiger partial charge in [0.05, 0.1) is 18.4 Å². The zero-order valence-electron chi connectivity index (χ0n) is 14.3. The molecule has 1 aromatic heterocycles. The first-order valence-electron chi connectivity index (χ1n) is 8.05. The predicted octanol–water partition coefficient (Wildman–Crippen LogP) is 1.21. The van der Waals surface area contributed by atoms with Crippen molar-refractivity contribution in [1.82, 2.24) is 15.2 Å². The third-order valence-corrected chi connectivity index (χ3v) is 4.22. The molecule has 0 bridgehead atoms. The van der Waals surface area contributed by atoms with Gasteiger partial charge in [0.25, 0.3) is 0 Å². The number of nitrogens with one attached hydrogen (secondary N) is 2. The summed E-state index contributed by atoms with van der Waals surface area (Å²) >= 11 is 0. The van der Waals surface area contributed by atoms with Gasteiger partial charge in [-0.25, -0.2) is 9.78 Å². The van der Waals surface area contributed by atoms with Gasteiger partial charge in [-0.3, -0.25) is 15.0 Å². The zero-order valence-corrected chi connectivity index (χ0v) is 14.3. The molecule has 1 saturated carbocycles. The molecule has 1 aliphatic carbocycles. The maximum Gasteiger partial charge on any atom is 0.320 e. The molecule has 0 saturated heterocycles. The molecule has 8 heteroatoms. The molecule has 1 heterocycles. The van der Waals surface area contributed by atoms with Crippen LogP contribution in [-0.2, 0) is 4.79 Å². The third kappa shape index (κ3) is 4.82. The molecule has 3 N–H and O–H groups in total. The van der Waals surface area contributed by atoms with Crippen LogP contribution < -0.4 is 15.5 Å². The van der Waals surface area contributed by atoms with E-state index in [1.54, 1.807) is 12.3 Å². The van der Waals surface area contributed by atoms with Gasteiger partial charge in [-0.15, -0.1) is 0 Å². The molecule has 1 aromatic rings. The molecule has 0 atom stereocenters. The Hall–Kier alpha value is -2.35. The van der Waals surface area contributed by atoms with Crippen molar-refractivity contribution >= 4 is 23.5 Å². The van der Waals surface area contributed by atoms with E-state index in [1.807, 2.05) is 36.9 Å². The van der Waals surface area contributed by atoms with Crippen LogP contribution in [0.15, 0.2) is 18.3 Å². The lowest BCUT2D eigenvalue weighted by atomic mass is 9.85. The van der Waals surface area contributed by atoms with Gasteiger partial charge in [-0.2, -0.15) is 0 Å². The van der Waals surface area contributed by atoms with E-state index in [9.17, 15) is 9.59 Å². The number of carbonyl (C=O) groups excluding carboxylic acids is 1. The van der Waals surface area contributed by atoms with E-state index in [1.165, 1.54) is 0 Å². The van der Waals surface area contributed by atoms with Crippen molar-refractivity contribution in [2.45, 2.75) is 31.8 Å². The number of amides is 2. The normalized spacial score (nSPS) is 19.5. The molecule has 132 valence electrons.